The number of hydrogen-bond acceptors (Lipinski definition) is 3. The summed E-state index contributed by atoms with van der Waals surface area (Å²) in [5, 5.41) is 0.744. The van der Waals surface area contributed by atoms with Gasteiger partial charge in [-0.3, -0.25) is 4.79 Å². The Morgan fingerprint density at radius 3 is 3.14 bits per heavy atom. The van der Waals surface area contributed by atoms with Gasteiger partial charge in [0.15, 0.2) is 0 Å². The molecule has 2 aromatic rings. The highest BCUT2D eigenvalue weighted by Crippen LogP contribution is 2.35. The highest BCUT2D eigenvalue weighted by Gasteiger charge is 2.22. The molecule has 0 radical (unpaired) electrons. The number of aromatic amines is 1. The summed E-state index contributed by atoms with van der Waals surface area (Å²) in [6.45, 7) is 0. The fraction of sp³-hybridized carbons (Fsp3) is 0.400. The Hall–Kier alpha value is -1.16. The molecule has 0 saturated heterocycles. The minimum absolute atomic E-state index is 0.0201. The van der Waals surface area contributed by atoms with E-state index in [0.29, 0.717) is 0 Å². The van der Waals surface area contributed by atoms with Crippen LogP contribution in [0.25, 0.3) is 10.2 Å². The summed E-state index contributed by atoms with van der Waals surface area (Å²) in [7, 11) is 0. The molecule has 3 rings (SSSR count). The molecule has 3 nitrogen and oxygen atoms in total. The van der Waals surface area contributed by atoms with Crippen molar-refractivity contribution in [1.29, 1.82) is 0 Å². The minimum Gasteiger partial charge on any atom is -0.313 e. The van der Waals surface area contributed by atoms with E-state index >= 15 is 0 Å². The van der Waals surface area contributed by atoms with Crippen LogP contribution >= 0.6 is 11.3 Å². The molecule has 0 unspecified atom stereocenters. The molecule has 0 amide bonds. The smallest absolute Gasteiger partial charge is 0.259 e. The van der Waals surface area contributed by atoms with Gasteiger partial charge < -0.3 is 4.98 Å². The lowest BCUT2D eigenvalue weighted by molar-refractivity contribution is 0.847. The van der Waals surface area contributed by atoms with Gasteiger partial charge in [0.2, 0.25) is 0 Å². The van der Waals surface area contributed by atoms with Crippen molar-refractivity contribution in [1.82, 2.24) is 9.97 Å². The minimum atomic E-state index is -0.0201. The maximum Gasteiger partial charge on any atom is 0.259 e. The van der Waals surface area contributed by atoms with E-state index in [2.05, 4.69) is 9.97 Å². The zero-order valence-electron chi connectivity index (χ0n) is 7.62. The molecule has 14 heavy (non-hydrogen) atoms. The average molecular weight is 206 g/mol. The van der Waals surface area contributed by atoms with Crippen LogP contribution in [0.15, 0.2) is 17.2 Å². The lowest BCUT2D eigenvalue weighted by atomic mass is 10.2. The second-order valence-electron chi connectivity index (χ2n) is 3.81. The maximum atomic E-state index is 11.4. The summed E-state index contributed by atoms with van der Waals surface area (Å²) in [5.41, 5.74) is -0.0201. The third kappa shape index (κ3) is 1.35. The molecule has 0 bridgehead atoms. The third-order valence-corrected chi connectivity index (χ3v) is 3.64. The monoisotopic (exact) mass is 206 g/mol. The molecule has 2 aromatic heterocycles. The van der Waals surface area contributed by atoms with Crippen LogP contribution in [0.5, 0.6) is 0 Å². The van der Waals surface area contributed by atoms with Gasteiger partial charge in [0.05, 0.1) is 11.7 Å². The van der Waals surface area contributed by atoms with E-state index in [1.165, 1.54) is 24.0 Å². The van der Waals surface area contributed by atoms with Crippen LogP contribution in [-0.2, 0) is 6.42 Å². The van der Waals surface area contributed by atoms with E-state index in [0.717, 1.165) is 22.6 Å². The zero-order chi connectivity index (χ0) is 9.54. The normalized spacial score (nSPS) is 16.3. The summed E-state index contributed by atoms with van der Waals surface area (Å²) in [6.07, 6.45) is 5.29. The predicted octanol–water partition coefficient (Wildman–Crippen LogP) is 1.94. The fourth-order valence-electron chi connectivity index (χ4n) is 1.62. The number of rotatable bonds is 2. The van der Waals surface area contributed by atoms with E-state index in [4.69, 9.17) is 0 Å². The van der Waals surface area contributed by atoms with Crippen molar-refractivity contribution >= 4 is 21.6 Å². The Balaban J connectivity index is 2.09. The third-order valence-electron chi connectivity index (χ3n) is 2.57. The van der Waals surface area contributed by atoms with Gasteiger partial charge >= 0.3 is 0 Å². The molecular formula is C10H10N2OS. The van der Waals surface area contributed by atoms with Crippen LogP contribution in [0, 0.1) is 5.92 Å². The standard InChI is InChI=1S/C10H10N2OS/c13-9-8-4-7(3-6-1-2-6)14-10(8)12-5-11-9/h4-6H,1-3H2,(H,11,12,13). The van der Waals surface area contributed by atoms with Gasteiger partial charge in [0, 0.05) is 4.88 Å². The van der Waals surface area contributed by atoms with Crippen LogP contribution in [-0.4, -0.2) is 9.97 Å². The molecule has 1 fully saturated rings. The molecule has 2 heterocycles. The number of aromatic nitrogens is 2. The topological polar surface area (TPSA) is 45.8 Å². The fourth-order valence-corrected chi connectivity index (χ4v) is 2.74. The van der Waals surface area contributed by atoms with Gasteiger partial charge in [-0.05, 0) is 31.2 Å². The highest BCUT2D eigenvalue weighted by atomic mass is 32.1. The van der Waals surface area contributed by atoms with Gasteiger partial charge in [-0.1, -0.05) is 0 Å². The number of hydrogen-bond donors (Lipinski definition) is 1. The van der Waals surface area contributed by atoms with Crippen molar-refractivity contribution < 1.29 is 0 Å². The van der Waals surface area contributed by atoms with Crippen LogP contribution in [0.2, 0.25) is 0 Å². The molecule has 0 spiro atoms. The first-order valence-corrected chi connectivity index (χ1v) is 5.60. The summed E-state index contributed by atoms with van der Waals surface area (Å²) in [6, 6.07) is 1.99. The van der Waals surface area contributed by atoms with E-state index < -0.39 is 0 Å². The van der Waals surface area contributed by atoms with Crippen molar-refractivity contribution in [2.45, 2.75) is 19.3 Å². The van der Waals surface area contributed by atoms with E-state index in [1.54, 1.807) is 11.3 Å². The van der Waals surface area contributed by atoms with Crippen LogP contribution in [0.4, 0.5) is 0 Å². The Labute approximate surface area is 84.8 Å². The van der Waals surface area contributed by atoms with Gasteiger partial charge in [-0.2, -0.15) is 0 Å². The van der Waals surface area contributed by atoms with Crippen LogP contribution in [0.1, 0.15) is 17.7 Å². The van der Waals surface area contributed by atoms with Gasteiger partial charge in [-0.15, -0.1) is 11.3 Å². The Bertz CT molecular complexity index is 524. The first kappa shape index (κ1) is 8.17. The van der Waals surface area contributed by atoms with Crippen LogP contribution < -0.4 is 5.56 Å². The lowest BCUT2D eigenvalue weighted by Crippen LogP contribution is -2.03. The van der Waals surface area contributed by atoms with E-state index in [-0.39, 0.29) is 5.56 Å². The predicted molar refractivity (Wildman–Crippen MR) is 56.7 cm³/mol. The first-order chi connectivity index (χ1) is 6.83. The highest BCUT2D eigenvalue weighted by molar-refractivity contribution is 7.18. The molecule has 1 aliphatic carbocycles. The molecule has 0 aromatic carbocycles. The molecule has 4 heteroatoms. The van der Waals surface area contributed by atoms with Crippen molar-refractivity contribution in [2.75, 3.05) is 0 Å². The summed E-state index contributed by atoms with van der Waals surface area (Å²) in [5.74, 6) is 0.863. The Morgan fingerprint density at radius 2 is 2.43 bits per heavy atom. The number of fused-ring (bicyclic) bond motifs is 1. The average Bonchev–Trinajstić information content (AvgIpc) is 2.84. The zero-order valence-corrected chi connectivity index (χ0v) is 8.43. The van der Waals surface area contributed by atoms with E-state index in [1.807, 2.05) is 6.07 Å². The molecule has 1 aliphatic rings. The molecule has 72 valence electrons. The quantitative estimate of drug-likeness (QED) is 0.816. The van der Waals surface area contributed by atoms with Gasteiger partial charge in [0.25, 0.3) is 5.56 Å². The molecule has 1 N–H and O–H groups in total. The van der Waals surface area contributed by atoms with Crippen molar-refractivity contribution in [3.8, 4) is 0 Å². The van der Waals surface area contributed by atoms with Gasteiger partial charge in [0.1, 0.15) is 4.83 Å². The SMILES string of the molecule is O=c1[nH]cnc2sc(CC3CC3)cc12. The molecule has 0 aliphatic heterocycles. The summed E-state index contributed by atoms with van der Waals surface area (Å²) in [4.78, 5) is 20.3. The Morgan fingerprint density at radius 1 is 1.57 bits per heavy atom. The number of nitrogens with zero attached hydrogens (tertiary/aromatic N) is 1. The van der Waals surface area contributed by atoms with Gasteiger partial charge in [-0.25, -0.2) is 4.98 Å². The molecule has 1 saturated carbocycles. The second-order valence-corrected chi connectivity index (χ2v) is 4.93. The maximum absolute atomic E-state index is 11.4. The van der Waals surface area contributed by atoms with Crippen molar-refractivity contribution in [2.24, 2.45) is 5.92 Å². The molecular weight excluding hydrogens is 196 g/mol. The molecule has 0 atom stereocenters. The number of nitrogens with one attached hydrogen (secondary N) is 1. The first-order valence-electron chi connectivity index (χ1n) is 4.79. The van der Waals surface area contributed by atoms with E-state index in [9.17, 15) is 4.79 Å². The second kappa shape index (κ2) is 2.92. The summed E-state index contributed by atoms with van der Waals surface area (Å²) < 4.78 is 0. The number of H-pyrrole nitrogens is 1. The largest absolute Gasteiger partial charge is 0.313 e. The van der Waals surface area contributed by atoms with Crippen molar-refractivity contribution in [3.63, 3.8) is 0 Å². The lowest BCUT2D eigenvalue weighted by Gasteiger charge is -1.88. The van der Waals surface area contributed by atoms with Crippen LogP contribution in [0.3, 0.4) is 0 Å². The van der Waals surface area contributed by atoms with Crippen molar-refractivity contribution in [3.05, 3.63) is 27.6 Å². The summed E-state index contributed by atoms with van der Waals surface area (Å²) >= 11 is 1.65. The number of thiophene rings is 1. The Kier molecular flexibility index (Phi) is 1.70.